The number of aromatic nitrogens is 3. The Morgan fingerprint density at radius 3 is 2.74 bits per heavy atom. The highest BCUT2D eigenvalue weighted by Crippen LogP contribution is 2.33. The van der Waals surface area contributed by atoms with Crippen molar-refractivity contribution in [1.82, 2.24) is 25.2 Å². The van der Waals surface area contributed by atoms with Gasteiger partial charge in [-0.1, -0.05) is 35.5 Å². The highest BCUT2D eigenvalue weighted by Gasteiger charge is 2.46. The predicted octanol–water partition coefficient (Wildman–Crippen LogP) is 1.51. The Labute approximate surface area is 155 Å². The molecule has 1 atom stereocenters. The van der Waals surface area contributed by atoms with Gasteiger partial charge in [0.25, 0.3) is 11.8 Å². The monoisotopic (exact) mass is 377 g/mol. The van der Waals surface area contributed by atoms with Gasteiger partial charge in [0.2, 0.25) is 5.91 Å². The molecular formula is C18H21F2N5O2. The lowest BCUT2D eigenvalue weighted by molar-refractivity contribution is -0.133. The molecule has 0 bridgehead atoms. The molecular weight excluding hydrogens is 356 g/mol. The maximum atomic E-state index is 14.0. The van der Waals surface area contributed by atoms with Gasteiger partial charge in [0, 0.05) is 19.9 Å². The molecule has 0 spiro atoms. The summed E-state index contributed by atoms with van der Waals surface area (Å²) < 4.78 is 29.2. The first kappa shape index (κ1) is 18.9. The van der Waals surface area contributed by atoms with Crippen LogP contribution in [0.3, 0.4) is 0 Å². The Hall–Kier alpha value is -2.84. The molecule has 144 valence electrons. The third-order valence-corrected chi connectivity index (χ3v) is 4.56. The SMILES string of the molecule is CNC(=O)c1cn(C[C@@H]2CC(F)(F)CN2C(=O)CCc2ccccc2)nn1. The topological polar surface area (TPSA) is 80.1 Å². The average Bonchev–Trinajstić information content (AvgIpc) is 3.24. The zero-order chi connectivity index (χ0) is 19.4. The quantitative estimate of drug-likeness (QED) is 0.828. The van der Waals surface area contributed by atoms with Crippen LogP contribution in [0.1, 0.15) is 28.9 Å². The van der Waals surface area contributed by atoms with Crippen LogP contribution >= 0.6 is 0 Å². The van der Waals surface area contributed by atoms with Crippen LogP contribution in [0.15, 0.2) is 36.5 Å². The summed E-state index contributed by atoms with van der Waals surface area (Å²) in [5, 5.41) is 9.95. The molecule has 2 heterocycles. The molecule has 1 aromatic carbocycles. The van der Waals surface area contributed by atoms with Gasteiger partial charge in [-0.2, -0.15) is 0 Å². The second-order valence-electron chi connectivity index (χ2n) is 6.63. The Morgan fingerprint density at radius 1 is 1.30 bits per heavy atom. The molecule has 0 radical (unpaired) electrons. The Kier molecular flexibility index (Phi) is 5.48. The molecule has 2 aromatic rings. The maximum Gasteiger partial charge on any atom is 0.273 e. The fraction of sp³-hybridized carbons (Fsp3) is 0.444. The molecule has 0 unspecified atom stereocenters. The number of amides is 2. The van der Waals surface area contributed by atoms with Crippen molar-refractivity contribution in [3.05, 3.63) is 47.8 Å². The van der Waals surface area contributed by atoms with Gasteiger partial charge in [-0.15, -0.1) is 5.10 Å². The number of hydrogen-bond donors (Lipinski definition) is 1. The second-order valence-corrected chi connectivity index (χ2v) is 6.63. The molecule has 9 heteroatoms. The molecule has 2 amide bonds. The number of likely N-dealkylation sites (tertiary alicyclic amines) is 1. The number of nitrogens with one attached hydrogen (secondary N) is 1. The van der Waals surface area contributed by atoms with Crippen LogP contribution in [0, 0.1) is 0 Å². The number of nitrogens with zero attached hydrogens (tertiary/aromatic N) is 4. The number of alkyl halides is 2. The Morgan fingerprint density at radius 2 is 2.04 bits per heavy atom. The Bertz CT molecular complexity index is 809. The van der Waals surface area contributed by atoms with Crippen molar-refractivity contribution in [2.45, 2.75) is 37.8 Å². The highest BCUT2D eigenvalue weighted by molar-refractivity contribution is 5.91. The summed E-state index contributed by atoms with van der Waals surface area (Å²) in [5.74, 6) is -3.65. The number of carbonyl (C=O) groups excluding carboxylic acids is 2. The number of hydrogen-bond acceptors (Lipinski definition) is 4. The fourth-order valence-electron chi connectivity index (χ4n) is 3.23. The summed E-state index contributed by atoms with van der Waals surface area (Å²) >= 11 is 0. The van der Waals surface area contributed by atoms with Gasteiger partial charge in [-0.05, 0) is 12.0 Å². The van der Waals surface area contributed by atoms with Gasteiger partial charge < -0.3 is 10.2 Å². The maximum absolute atomic E-state index is 14.0. The second kappa shape index (κ2) is 7.81. The molecule has 7 nitrogen and oxygen atoms in total. The largest absolute Gasteiger partial charge is 0.354 e. The van der Waals surface area contributed by atoms with E-state index in [1.165, 1.54) is 22.8 Å². The summed E-state index contributed by atoms with van der Waals surface area (Å²) in [4.78, 5) is 25.3. The van der Waals surface area contributed by atoms with E-state index in [2.05, 4.69) is 15.6 Å². The average molecular weight is 377 g/mol. The fourth-order valence-corrected chi connectivity index (χ4v) is 3.23. The summed E-state index contributed by atoms with van der Waals surface area (Å²) in [7, 11) is 1.46. The summed E-state index contributed by atoms with van der Waals surface area (Å²) in [6.45, 7) is -0.529. The third-order valence-electron chi connectivity index (χ3n) is 4.56. The zero-order valence-corrected chi connectivity index (χ0v) is 14.9. The highest BCUT2D eigenvalue weighted by atomic mass is 19.3. The standard InChI is InChI=1S/C18H21F2N5O2/c1-21-17(27)15-11-24(23-22-15)10-14-9-18(19,20)12-25(14)16(26)8-7-13-5-3-2-4-6-13/h2-6,11,14H,7-10,12H2,1H3,(H,21,27)/t14-/m0/s1. The minimum Gasteiger partial charge on any atom is -0.354 e. The number of carbonyl (C=O) groups is 2. The Balaban J connectivity index is 1.66. The van der Waals surface area contributed by atoms with Crippen molar-refractivity contribution < 1.29 is 18.4 Å². The molecule has 3 rings (SSSR count). The van der Waals surface area contributed by atoms with E-state index < -0.39 is 30.8 Å². The lowest BCUT2D eigenvalue weighted by Gasteiger charge is -2.23. The number of rotatable bonds is 6. The lowest BCUT2D eigenvalue weighted by Crippen LogP contribution is -2.39. The van der Waals surface area contributed by atoms with E-state index in [-0.39, 0.29) is 24.6 Å². The van der Waals surface area contributed by atoms with Crippen LogP contribution in [0.4, 0.5) is 8.78 Å². The van der Waals surface area contributed by atoms with Gasteiger partial charge in [-0.25, -0.2) is 13.5 Å². The molecule has 1 N–H and O–H groups in total. The lowest BCUT2D eigenvalue weighted by atomic mass is 10.1. The number of benzene rings is 1. The molecule has 1 saturated heterocycles. The third kappa shape index (κ3) is 4.66. The first-order valence-electron chi connectivity index (χ1n) is 8.71. The zero-order valence-electron chi connectivity index (χ0n) is 14.9. The summed E-state index contributed by atoms with van der Waals surface area (Å²) in [5.41, 5.74) is 1.09. The van der Waals surface area contributed by atoms with E-state index in [0.29, 0.717) is 6.42 Å². The van der Waals surface area contributed by atoms with Crippen LogP contribution in [-0.2, 0) is 17.8 Å². The van der Waals surface area contributed by atoms with E-state index in [0.717, 1.165) is 5.56 Å². The van der Waals surface area contributed by atoms with Crippen LogP contribution in [0.25, 0.3) is 0 Å². The van der Waals surface area contributed by atoms with Crippen molar-refractivity contribution in [2.24, 2.45) is 0 Å². The van der Waals surface area contributed by atoms with Crippen LogP contribution in [0.5, 0.6) is 0 Å². The van der Waals surface area contributed by atoms with Crippen LogP contribution in [0.2, 0.25) is 0 Å². The minimum atomic E-state index is -2.93. The van der Waals surface area contributed by atoms with Gasteiger partial charge in [0.15, 0.2) is 5.69 Å². The van der Waals surface area contributed by atoms with E-state index in [4.69, 9.17) is 0 Å². The van der Waals surface area contributed by atoms with Crippen molar-refractivity contribution in [3.8, 4) is 0 Å². The van der Waals surface area contributed by atoms with Crippen molar-refractivity contribution in [2.75, 3.05) is 13.6 Å². The molecule has 1 fully saturated rings. The van der Waals surface area contributed by atoms with Crippen molar-refractivity contribution >= 4 is 11.8 Å². The molecule has 1 aliphatic rings. The van der Waals surface area contributed by atoms with Crippen molar-refractivity contribution in [1.29, 1.82) is 0 Å². The van der Waals surface area contributed by atoms with E-state index >= 15 is 0 Å². The summed E-state index contributed by atoms with van der Waals surface area (Å²) in [6.07, 6.45) is 1.62. The van der Waals surface area contributed by atoms with E-state index in [1.807, 2.05) is 30.3 Å². The molecule has 0 aliphatic carbocycles. The van der Waals surface area contributed by atoms with Gasteiger partial charge in [-0.3, -0.25) is 9.59 Å². The normalized spacial score (nSPS) is 18.5. The first-order chi connectivity index (χ1) is 12.9. The molecule has 0 saturated carbocycles. The molecule has 27 heavy (non-hydrogen) atoms. The minimum absolute atomic E-state index is 0.0661. The van der Waals surface area contributed by atoms with Gasteiger partial charge in [0.05, 0.1) is 25.3 Å². The molecule has 1 aromatic heterocycles. The van der Waals surface area contributed by atoms with E-state index in [9.17, 15) is 18.4 Å². The molecule has 1 aliphatic heterocycles. The number of aryl methyl sites for hydroxylation is 1. The van der Waals surface area contributed by atoms with Crippen LogP contribution < -0.4 is 5.32 Å². The van der Waals surface area contributed by atoms with Gasteiger partial charge >= 0.3 is 0 Å². The van der Waals surface area contributed by atoms with Crippen LogP contribution in [-0.4, -0.2) is 57.3 Å². The van der Waals surface area contributed by atoms with E-state index in [1.54, 1.807) is 0 Å². The number of halogens is 2. The summed E-state index contributed by atoms with van der Waals surface area (Å²) in [6, 6.07) is 8.75. The smallest absolute Gasteiger partial charge is 0.273 e. The van der Waals surface area contributed by atoms with Crippen molar-refractivity contribution in [3.63, 3.8) is 0 Å². The first-order valence-corrected chi connectivity index (χ1v) is 8.71. The van der Waals surface area contributed by atoms with Gasteiger partial charge in [0.1, 0.15) is 0 Å². The predicted molar refractivity (Wildman–Crippen MR) is 93.2 cm³/mol.